The number of hydrogen-bond donors (Lipinski definition) is 1. The first-order valence-electron chi connectivity index (χ1n) is 6.27. The molecule has 0 amide bonds. The summed E-state index contributed by atoms with van der Waals surface area (Å²) in [6, 6.07) is 8.39. The predicted octanol–water partition coefficient (Wildman–Crippen LogP) is 0.737. The number of aromatic nitrogens is 2. The molecule has 0 radical (unpaired) electrons. The highest BCUT2D eigenvalue weighted by molar-refractivity contribution is 5.78. The van der Waals surface area contributed by atoms with Crippen LogP contribution in [0.25, 0.3) is 11.0 Å². The zero-order valence-electron chi connectivity index (χ0n) is 10.5. The molecule has 0 bridgehead atoms. The van der Waals surface area contributed by atoms with Crippen molar-refractivity contribution in [1.29, 1.82) is 0 Å². The molecule has 5 nitrogen and oxygen atoms in total. The second-order valence-electron chi connectivity index (χ2n) is 4.62. The first-order valence-corrected chi connectivity index (χ1v) is 6.27. The molecular weight excluding hydrogens is 228 g/mol. The third-order valence-corrected chi connectivity index (χ3v) is 3.52. The molecule has 1 aliphatic heterocycles. The topological polar surface area (TPSA) is 56.3 Å². The zero-order chi connectivity index (χ0) is 12.5. The molecule has 1 aliphatic rings. The summed E-state index contributed by atoms with van der Waals surface area (Å²) in [5.74, 6) is 0.981. The van der Waals surface area contributed by atoms with Gasteiger partial charge in [-0.25, -0.2) is 4.98 Å². The zero-order valence-corrected chi connectivity index (χ0v) is 10.5. The van der Waals surface area contributed by atoms with Crippen molar-refractivity contribution in [1.82, 2.24) is 9.55 Å². The maximum absolute atomic E-state index is 5.82. The van der Waals surface area contributed by atoms with E-state index < -0.39 is 0 Å². The van der Waals surface area contributed by atoms with Crippen LogP contribution in [0.3, 0.4) is 0 Å². The Morgan fingerprint density at radius 3 is 3.06 bits per heavy atom. The highest BCUT2D eigenvalue weighted by Crippen LogP contribution is 2.23. The van der Waals surface area contributed by atoms with Gasteiger partial charge in [-0.05, 0) is 12.1 Å². The third-order valence-electron chi connectivity index (χ3n) is 3.52. The van der Waals surface area contributed by atoms with Crippen molar-refractivity contribution in [2.24, 2.45) is 12.8 Å². The molecule has 2 aromatic rings. The van der Waals surface area contributed by atoms with Gasteiger partial charge in [-0.1, -0.05) is 12.1 Å². The number of aryl methyl sites for hydroxylation is 1. The van der Waals surface area contributed by atoms with E-state index >= 15 is 0 Å². The quantitative estimate of drug-likeness (QED) is 0.849. The number of rotatable bonds is 2. The van der Waals surface area contributed by atoms with Crippen LogP contribution in [-0.2, 0) is 11.8 Å². The lowest BCUT2D eigenvalue weighted by molar-refractivity contribution is 0.0952. The maximum Gasteiger partial charge on any atom is 0.206 e. The number of fused-ring (bicyclic) bond motifs is 1. The van der Waals surface area contributed by atoms with Crippen LogP contribution in [0.2, 0.25) is 0 Å². The van der Waals surface area contributed by atoms with Gasteiger partial charge in [0.2, 0.25) is 5.95 Å². The fourth-order valence-electron chi connectivity index (χ4n) is 2.50. The third kappa shape index (κ3) is 1.76. The molecule has 3 rings (SSSR count). The van der Waals surface area contributed by atoms with Gasteiger partial charge < -0.3 is 19.9 Å². The molecule has 1 fully saturated rings. The van der Waals surface area contributed by atoms with Crippen LogP contribution in [-0.4, -0.2) is 41.9 Å². The van der Waals surface area contributed by atoms with Gasteiger partial charge >= 0.3 is 0 Å². The molecule has 96 valence electrons. The summed E-state index contributed by atoms with van der Waals surface area (Å²) in [6.07, 6.45) is 0. The van der Waals surface area contributed by atoms with Gasteiger partial charge in [-0.3, -0.25) is 0 Å². The van der Waals surface area contributed by atoms with Gasteiger partial charge in [0.15, 0.2) is 0 Å². The van der Waals surface area contributed by atoms with Gasteiger partial charge in [0.1, 0.15) is 0 Å². The normalized spacial score (nSPS) is 20.6. The minimum absolute atomic E-state index is 0.217. The summed E-state index contributed by atoms with van der Waals surface area (Å²) in [5.41, 5.74) is 7.99. The maximum atomic E-state index is 5.82. The number of nitrogens with two attached hydrogens (primary N) is 1. The van der Waals surface area contributed by atoms with Crippen molar-refractivity contribution in [3.63, 3.8) is 0 Å². The van der Waals surface area contributed by atoms with Crippen molar-refractivity contribution in [3.05, 3.63) is 24.3 Å². The number of anilines is 1. The van der Waals surface area contributed by atoms with Crippen LogP contribution < -0.4 is 10.6 Å². The number of morpholine rings is 1. The van der Waals surface area contributed by atoms with E-state index in [2.05, 4.69) is 15.5 Å². The van der Waals surface area contributed by atoms with E-state index in [0.717, 1.165) is 30.1 Å². The van der Waals surface area contributed by atoms with Crippen molar-refractivity contribution in [2.45, 2.75) is 6.04 Å². The summed E-state index contributed by atoms with van der Waals surface area (Å²) in [4.78, 5) is 6.97. The molecule has 1 unspecified atom stereocenters. The summed E-state index contributed by atoms with van der Waals surface area (Å²) in [6.45, 7) is 2.85. The van der Waals surface area contributed by atoms with Crippen LogP contribution in [0.5, 0.6) is 0 Å². The lowest BCUT2D eigenvalue weighted by Gasteiger charge is -2.35. The van der Waals surface area contributed by atoms with Crippen molar-refractivity contribution < 1.29 is 4.74 Å². The standard InChI is InChI=1S/C13H18N4O/c1-16-12-5-3-2-4-11(12)15-13(16)17-6-7-18-9-10(17)8-14/h2-5,10H,6-9,14H2,1H3. The van der Waals surface area contributed by atoms with Crippen molar-refractivity contribution in [2.75, 3.05) is 31.2 Å². The largest absolute Gasteiger partial charge is 0.377 e. The smallest absolute Gasteiger partial charge is 0.206 e. The number of para-hydroxylation sites is 2. The van der Waals surface area contributed by atoms with Crippen LogP contribution >= 0.6 is 0 Å². The van der Waals surface area contributed by atoms with E-state index in [9.17, 15) is 0 Å². The van der Waals surface area contributed by atoms with Crippen molar-refractivity contribution >= 4 is 17.0 Å². The van der Waals surface area contributed by atoms with Gasteiger partial charge in [0, 0.05) is 20.1 Å². The van der Waals surface area contributed by atoms with E-state index in [1.54, 1.807) is 0 Å². The summed E-state index contributed by atoms with van der Waals surface area (Å²) < 4.78 is 7.61. The first kappa shape index (κ1) is 11.5. The minimum atomic E-state index is 0.217. The average molecular weight is 246 g/mol. The highest BCUT2D eigenvalue weighted by Gasteiger charge is 2.25. The monoisotopic (exact) mass is 246 g/mol. The average Bonchev–Trinajstić information content (AvgIpc) is 2.76. The molecular formula is C13H18N4O. The van der Waals surface area contributed by atoms with Crippen LogP contribution in [0.4, 0.5) is 5.95 Å². The SMILES string of the molecule is Cn1c(N2CCOCC2CN)nc2ccccc21. The number of imidazole rings is 1. The number of nitrogens with zero attached hydrogens (tertiary/aromatic N) is 3. The Bertz CT molecular complexity index is 551. The Hall–Kier alpha value is -1.59. The number of hydrogen-bond acceptors (Lipinski definition) is 4. The first-order chi connectivity index (χ1) is 8.81. The van der Waals surface area contributed by atoms with E-state index in [1.807, 2.05) is 25.2 Å². The van der Waals surface area contributed by atoms with Gasteiger partial charge in [0.05, 0.1) is 30.3 Å². The van der Waals surface area contributed by atoms with Gasteiger partial charge in [-0.2, -0.15) is 0 Å². The van der Waals surface area contributed by atoms with Gasteiger partial charge in [0.25, 0.3) is 0 Å². The highest BCUT2D eigenvalue weighted by atomic mass is 16.5. The van der Waals surface area contributed by atoms with E-state index in [1.165, 1.54) is 0 Å². The number of ether oxygens (including phenoxy) is 1. The van der Waals surface area contributed by atoms with Crippen LogP contribution in [0.15, 0.2) is 24.3 Å². The Labute approximate surface area is 106 Å². The van der Waals surface area contributed by atoms with E-state index in [-0.39, 0.29) is 6.04 Å². The summed E-state index contributed by atoms with van der Waals surface area (Å²) in [5, 5.41) is 0. The molecule has 0 spiro atoms. The molecule has 5 heteroatoms. The summed E-state index contributed by atoms with van der Waals surface area (Å²) in [7, 11) is 2.05. The van der Waals surface area contributed by atoms with Gasteiger partial charge in [-0.15, -0.1) is 0 Å². The fraction of sp³-hybridized carbons (Fsp3) is 0.462. The van der Waals surface area contributed by atoms with Crippen molar-refractivity contribution in [3.8, 4) is 0 Å². The van der Waals surface area contributed by atoms with E-state index in [4.69, 9.17) is 15.5 Å². The van der Waals surface area contributed by atoms with Crippen LogP contribution in [0, 0.1) is 0 Å². The second kappa shape index (κ2) is 4.59. The Morgan fingerprint density at radius 1 is 1.44 bits per heavy atom. The predicted molar refractivity (Wildman–Crippen MR) is 71.7 cm³/mol. The molecule has 0 saturated carbocycles. The molecule has 0 aliphatic carbocycles. The molecule has 1 aromatic heterocycles. The number of benzene rings is 1. The summed E-state index contributed by atoms with van der Waals surface area (Å²) >= 11 is 0. The Kier molecular flexibility index (Phi) is 2.93. The fourth-order valence-corrected chi connectivity index (χ4v) is 2.50. The molecule has 2 N–H and O–H groups in total. The molecule has 2 heterocycles. The lowest BCUT2D eigenvalue weighted by atomic mass is 10.2. The molecule has 1 aromatic carbocycles. The van der Waals surface area contributed by atoms with Crippen LogP contribution in [0.1, 0.15) is 0 Å². The van der Waals surface area contributed by atoms with E-state index in [0.29, 0.717) is 13.2 Å². The lowest BCUT2D eigenvalue weighted by Crippen LogP contribution is -2.50. The molecule has 1 saturated heterocycles. The minimum Gasteiger partial charge on any atom is -0.377 e. The second-order valence-corrected chi connectivity index (χ2v) is 4.62. The molecule has 18 heavy (non-hydrogen) atoms. The Morgan fingerprint density at radius 2 is 2.28 bits per heavy atom. The Balaban J connectivity index is 2.04. The molecule has 1 atom stereocenters.